The minimum atomic E-state index is -3.26. The molecular weight excluding hydrogens is 217 g/mol. The van der Waals surface area contributed by atoms with Crippen molar-refractivity contribution >= 4 is 5.69 Å². The van der Waals surface area contributed by atoms with Crippen molar-refractivity contribution in [2.45, 2.75) is 13.0 Å². The highest BCUT2D eigenvalue weighted by molar-refractivity contribution is 5.37. The minimum absolute atomic E-state index is 0.493. The van der Waals surface area contributed by atoms with E-state index in [2.05, 4.69) is 4.98 Å². The van der Waals surface area contributed by atoms with Gasteiger partial charge in [-0.3, -0.25) is 15.1 Å². The van der Waals surface area contributed by atoms with Crippen molar-refractivity contribution in [2.75, 3.05) is 0 Å². The Balaban J connectivity index is 3.42. The maximum atomic E-state index is 13.1. The summed E-state index contributed by atoms with van der Waals surface area (Å²) in [4.78, 5) is 12.2. The standard InChI is InChI=1S/C7H5F3N2O3/c8-6-4(12(14)15)1-11-3(2-13)5(6)7(9)10/h1,7,13H,2H2. The SMILES string of the molecule is O=[N+]([O-])c1cnc(CO)c(C(F)F)c1F. The highest BCUT2D eigenvalue weighted by atomic mass is 19.3. The van der Waals surface area contributed by atoms with Gasteiger partial charge in [-0.15, -0.1) is 0 Å². The number of aliphatic hydroxyl groups is 1. The fraction of sp³-hybridized carbons (Fsp3) is 0.286. The zero-order valence-electron chi connectivity index (χ0n) is 7.15. The normalized spacial score (nSPS) is 10.7. The molecule has 0 bridgehead atoms. The Morgan fingerprint density at radius 1 is 1.60 bits per heavy atom. The van der Waals surface area contributed by atoms with Crippen LogP contribution in [0.5, 0.6) is 0 Å². The van der Waals surface area contributed by atoms with Crippen LogP contribution < -0.4 is 0 Å². The van der Waals surface area contributed by atoms with Gasteiger partial charge in [0.05, 0.1) is 22.8 Å². The zero-order chi connectivity index (χ0) is 11.6. The average molecular weight is 222 g/mol. The third-order valence-electron chi connectivity index (χ3n) is 1.68. The van der Waals surface area contributed by atoms with E-state index >= 15 is 0 Å². The molecule has 15 heavy (non-hydrogen) atoms. The van der Waals surface area contributed by atoms with Gasteiger partial charge in [0.1, 0.15) is 6.20 Å². The Bertz CT molecular complexity index is 397. The molecule has 0 fully saturated rings. The van der Waals surface area contributed by atoms with Crippen LogP contribution in [-0.2, 0) is 6.61 Å². The lowest BCUT2D eigenvalue weighted by atomic mass is 10.2. The lowest BCUT2D eigenvalue weighted by molar-refractivity contribution is -0.388. The van der Waals surface area contributed by atoms with Crippen molar-refractivity contribution in [3.63, 3.8) is 0 Å². The molecule has 0 aliphatic rings. The highest BCUT2D eigenvalue weighted by Gasteiger charge is 2.27. The molecule has 0 aromatic carbocycles. The molecule has 0 saturated heterocycles. The van der Waals surface area contributed by atoms with Gasteiger partial charge in [-0.25, -0.2) is 8.78 Å². The first-order valence-corrected chi connectivity index (χ1v) is 3.69. The summed E-state index contributed by atoms with van der Waals surface area (Å²) < 4.78 is 37.8. The van der Waals surface area contributed by atoms with Crippen LogP contribution in [0.1, 0.15) is 17.7 Å². The van der Waals surface area contributed by atoms with Crippen molar-refractivity contribution in [1.29, 1.82) is 0 Å². The van der Waals surface area contributed by atoms with E-state index in [9.17, 15) is 23.3 Å². The maximum absolute atomic E-state index is 13.1. The summed E-state index contributed by atoms with van der Waals surface area (Å²) in [7, 11) is 0. The first kappa shape index (κ1) is 11.4. The monoisotopic (exact) mass is 222 g/mol. The molecule has 0 saturated carbocycles. The highest BCUT2D eigenvalue weighted by Crippen LogP contribution is 2.29. The summed E-state index contributed by atoms with van der Waals surface area (Å²) >= 11 is 0. The van der Waals surface area contributed by atoms with E-state index in [1.54, 1.807) is 0 Å². The molecule has 0 aliphatic carbocycles. The third kappa shape index (κ3) is 2.04. The van der Waals surface area contributed by atoms with Crippen molar-refractivity contribution in [1.82, 2.24) is 4.98 Å². The van der Waals surface area contributed by atoms with Gasteiger partial charge in [0, 0.05) is 0 Å². The fourth-order valence-electron chi connectivity index (χ4n) is 1.00. The van der Waals surface area contributed by atoms with Crippen LogP contribution in [-0.4, -0.2) is 15.0 Å². The van der Waals surface area contributed by atoms with E-state index in [0.717, 1.165) is 0 Å². The number of aliphatic hydroxyl groups excluding tert-OH is 1. The number of pyridine rings is 1. The molecule has 1 N–H and O–H groups in total. The van der Waals surface area contributed by atoms with Crippen LogP contribution in [0.3, 0.4) is 0 Å². The van der Waals surface area contributed by atoms with Crippen LogP contribution in [0, 0.1) is 15.9 Å². The molecule has 0 amide bonds. The van der Waals surface area contributed by atoms with E-state index in [1.807, 2.05) is 0 Å². The number of hydrogen-bond donors (Lipinski definition) is 1. The van der Waals surface area contributed by atoms with Crippen LogP contribution >= 0.6 is 0 Å². The number of nitro groups is 1. The van der Waals surface area contributed by atoms with Crippen molar-refractivity contribution < 1.29 is 23.2 Å². The Kier molecular flexibility index (Phi) is 3.20. The summed E-state index contributed by atoms with van der Waals surface area (Å²) in [6, 6.07) is 0. The lowest BCUT2D eigenvalue weighted by Gasteiger charge is -2.06. The number of nitrogens with zero attached hydrogens (tertiary/aromatic N) is 2. The fourth-order valence-corrected chi connectivity index (χ4v) is 1.00. The topological polar surface area (TPSA) is 76.3 Å². The van der Waals surface area contributed by atoms with Gasteiger partial charge in [0.15, 0.2) is 0 Å². The second kappa shape index (κ2) is 4.22. The molecular formula is C7H5F3N2O3. The van der Waals surface area contributed by atoms with Crippen molar-refractivity contribution in [3.8, 4) is 0 Å². The van der Waals surface area contributed by atoms with Gasteiger partial charge in [-0.2, -0.15) is 4.39 Å². The van der Waals surface area contributed by atoms with Crippen LogP contribution in [0.4, 0.5) is 18.9 Å². The van der Waals surface area contributed by atoms with E-state index < -0.39 is 40.7 Å². The second-order valence-corrected chi connectivity index (χ2v) is 2.53. The first-order chi connectivity index (χ1) is 6.99. The Labute approximate surface area is 81.3 Å². The summed E-state index contributed by atoms with van der Waals surface area (Å²) in [6.45, 7) is -0.908. The molecule has 0 radical (unpaired) electrons. The number of rotatable bonds is 3. The van der Waals surface area contributed by atoms with Crippen LogP contribution in [0.25, 0.3) is 0 Å². The molecule has 1 rings (SSSR count). The van der Waals surface area contributed by atoms with Crippen molar-refractivity contribution in [2.24, 2.45) is 0 Å². The number of hydrogen-bond acceptors (Lipinski definition) is 4. The van der Waals surface area contributed by atoms with Gasteiger partial charge < -0.3 is 5.11 Å². The first-order valence-electron chi connectivity index (χ1n) is 3.69. The predicted octanol–water partition coefficient (Wildman–Crippen LogP) is 1.56. The van der Waals surface area contributed by atoms with Gasteiger partial charge in [0.2, 0.25) is 5.82 Å². The number of alkyl halides is 2. The van der Waals surface area contributed by atoms with Gasteiger partial charge >= 0.3 is 5.69 Å². The second-order valence-electron chi connectivity index (χ2n) is 2.53. The lowest BCUT2D eigenvalue weighted by Crippen LogP contribution is -2.05. The van der Waals surface area contributed by atoms with E-state index in [0.29, 0.717) is 6.20 Å². The largest absolute Gasteiger partial charge is 0.390 e. The summed E-state index contributed by atoms with van der Waals surface area (Å²) in [6.07, 6.45) is -2.77. The predicted molar refractivity (Wildman–Crippen MR) is 41.7 cm³/mol. The van der Waals surface area contributed by atoms with Gasteiger partial charge in [-0.1, -0.05) is 0 Å². The molecule has 0 aliphatic heterocycles. The molecule has 1 aromatic rings. The Hall–Kier alpha value is -1.70. The average Bonchev–Trinajstić information content (AvgIpc) is 2.15. The quantitative estimate of drug-likeness (QED) is 0.621. The molecule has 0 unspecified atom stereocenters. The summed E-state index contributed by atoms with van der Waals surface area (Å²) in [5, 5.41) is 18.8. The zero-order valence-corrected chi connectivity index (χ0v) is 7.15. The Morgan fingerprint density at radius 3 is 2.60 bits per heavy atom. The van der Waals surface area contributed by atoms with Crippen molar-refractivity contribution in [3.05, 3.63) is 33.4 Å². The molecule has 1 aromatic heterocycles. The van der Waals surface area contributed by atoms with E-state index in [4.69, 9.17) is 5.11 Å². The molecule has 1 heterocycles. The molecule has 5 nitrogen and oxygen atoms in total. The molecule has 0 spiro atoms. The minimum Gasteiger partial charge on any atom is -0.390 e. The summed E-state index contributed by atoms with van der Waals surface area (Å²) in [5.41, 5.74) is -2.97. The molecule has 82 valence electrons. The number of aromatic nitrogens is 1. The smallest absolute Gasteiger partial charge is 0.323 e. The molecule has 0 atom stereocenters. The Morgan fingerprint density at radius 2 is 2.20 bits per heavy atom. The van der Waals surface area contributed by atoms with Crippen LogP contribution in [0.15, 0.2) is 6.20 Å². The maximum Gasteiger partial charge on any atom is 0.323 e. The van der Waals surface area contributed by atoms with Crippen LogP contribution in [0.2, 0.25) is 0 Å². The van der Waals surface area contributed by atoms with Gasteiger partial charge in [0.25, 0.3) is 6.43 Å². The molecule has 8 heteroatoms. The van der Waals surface area contributed by atoms with Gasteiger partial charge in [-0.05, 0) is 0 Å². The van der Waals surface area contributed by atoms with E-state index in [1.165, 1.54) is 0 Å². The summed E-state index contributed by atoms with van der Waals surface area (Å²) in [5.74, 6) is -1.66. The third-order valence-corrected chi connectivity index (χ3v) is 1.68. The van der Waals surface area contributed by atoms with E-state index in [-0.39, 0.29) is 0 Å². The number of halogens is 3.